The third kappa shape index (κ3) is 2.69. The quantitative estimate of drug-likeness (QED) is 0.603. The summed E-state index contributed by atoms with van der Waals surface area (Å²) in [6.07, 6.45) is 0.366. The van der Waals surface area contributed by atoms with Gasteiger partial charge in [0, 0.05) is 12.0 Å². The highest BCUT2D eigenvalue weighted by Crippen LogP contribution is 2.20. The maximum atomic E-state index is 11.5. The molecule has 3 unspecified atom stereocenters. The zero-order valence-electron chi connectivity index (χ0n) is 8.73. The third-order valence-corrected chi connectivity index (χ3v) is 2.90. The molecule has 14 heavy (non-hydrogen) atoms. The molecule has 1 amide bonds. The highest BCUT2D eigenvalue weighted by Gasteiger charge is 2.32. The number of nitrogens with one attached hydrogen (secondary N) is 1. The first-order valence-corrected chi connectivity index (χ1v) is 5.21. The molecule has 4 heteroatoms. The van der Waals surface area contributed by atoms with E-state index in [4.69, 9.17) is 0 Å². The Labute approximate surface area is 84.3 Å². The Bertz CT molecular complexity index is 198. The molecular formula is C10H19NO3. The van der Waals surface area contributed by atoms with Crippen molar-refractivity contribution in [3.63, 3.8) is 0 Å². The Balaban J connectivity index is 2.35. The first-order chi connectivity index (χ1) is 6.54. The zero-order valence-corrected chi connectivity index (χ0v) is 8.73. The van der Waals surface area contributed by atoms with Gasteiger partial charge in [0.2, 0.25) is 5.91 Å². The molecule has 0 spiro atoms. The molecule has 0 saturated heterocycles. The molecule has 3 atom stereocenters. The van der Waals surface area contributed by atoms with Crippen molar-refractivity contribution in [1.82, 2.24) is 5.32 Å². The van der Waals surface area contributed by atoms with E-state index in [0.29, 0.717) is 12.8 Å². The van der Waals surface area contributed by atoms with E-state index in [2.05, 4.69) is 5.32 Å². The zero-order chi connectivity index (χ0) is 10.7. The Morgan fingerprint density at radius 1 is 1.43 bits per heavy atom. The van der Waals surface area contributed by atoms with Crippen molar-refractivity contribution in [3.05, 3.63) is 0 Å². The number of aliphatic hydroxyl groups excluding tert-OH is 2. The molecule has 82 valence electrons. The van der Waals surface area contributed by atoms with E-state index in [1.165, 1.54) is 0 Å². The van der Waals surface area contributed by atoms with Gasteiger partial charge in [0.1, 0.15) is 0 Å². The standard InChI is InChI=1S/C10H19NO3/c1-3-6(2)10(14)11-7-4-8(12)9(13)5-7/h6-9,12-13H,3-5H2,1-2H3,(H,11,14). The second kappa shape index (κ2) is 4.75. The van der Waals surface area contributed by atoms with Gasteiger partial charge in [-0.1, -0.05) is 13.8 Å². The lowest BCUT2D eigenvalue weighted by molar-refractivity contribution is -0.125. The van der Waals surface area contributed by atoms with Crippen molar-refractivity contribution >= 4 is 5.91 Å². The predicted octanol–water partition coefficient (Wildman–Crippen LogP) is 0.0329. The molecular weight excluding hydrogens is 182 g/mol. The van der Waals surface area contributed by atoms with Gasteiger partial charge in [-0.3, -0.25) is 4.79 Å². The fourth-order valence-corrected chi connectivity index (χ4v) is 1.64. The molecule has 1 aliphatic carbocycles. The summed E-state index contributed by atoms with van der Waals surface area (Å²) in [4.78, 5) is 11.5. The van der Waals surface area contributed by atoms with Crippen LogP contribution in [-0.4, -0.2) is 34.4 Å². The van der Waals surface area contributed by atoms with Gasteiger partial charge in [-0.25, -0.2) is 0 Å². The lowest BCUT2D eigenvalue weighted by Crippen LogP contribution is -2.36. The molecule has 1 aliphatic rings. The van der Waals surface area contributed by atoms with E-state index >= 15 is 0 Å². The minimum atomic E-state index is -0.683. The topological polar surface area (TPSA) is 69.6 Å². The number of carbonyl (C=O) groups excluding carboxylic acids is 1. The van der Waals surface area contributed by atoms with Gasteiger partial charge in [0.15, 0.2) is 0 Å². The van der Waals surface area contributed by atoms with Crippen molar-refractivity contribution in [2.24, 2.45) is 5.92 Å². The van der Waals surface area contributed by atoms with Crippen LogP contribution >= 0.6 is 0 Å². The molecule has 0 aromatic rings. The SMILES string of the molecule is CCC(C)C(=O)NC1CC(O)C(O)C1. The Morgan fingerprint density at radius 2 is 1.93 bits per heavy atom. The number of carbonyl (C=O) groups is 1. The molecule has 0 aromatic carbocycles. The summed E-state index contributed by atoms with van der Waals surface area (Å²) in [6, 6.07) is -0.0681. The Hall–Kier alpha value is -0.610. The molecule has 0 bridgehead atoms. The third-order valence-electron chi connectivity index (χ3n) is 2.90. The minimum Gasteiger partial charge on any atom is -0.390 e. The van der Waals surface area contributed by atoms with Crippen molar-refractivity contribution in [2.45, 2.75) is 51.4 Å². The van der Waals surface area contributed by atoms with Crippen LogP contribution in [0.1, 0.15) is 33.1 Å². The fourth-order valence-electron chi connectivity index (χ4n) is 1.64. The largest absolute Gasteiger partial charge is 0.390 e. The average Bonchev–Trinajstić information content (AvgIpc) is 2.44. The summed E-state index contributed by atoms with van der Waals surface area (Å²) >= 11 is 0. The Morgan fingerprint density at radius 3 is 2.36 bits per heavy atom. The number of aliphatic hydroxyl groups is 2. The molecule has 0 aromatic heterocycles. The lowest BCUT2D eigenvalue weighted by Gasteiger charge is -2.15. The summed E-state index contributed by atoms with van der Waals surface area (Å²) < 4.78 is 0. The second-order valence-electron chi connectivity index (χ2n) is 4.12. The van der Waals surface area contributed by atoms with Crippen LogP contribution in [0.4, 0.5) is 0 Å². The minimum absolute atomic E-state index is 0.00452. The van der Waals surface area contributed by atoms with Gasteiger partial charge in [0.05, 0.1) is 12.2 Å². The summed E-state index contributed by atoms with van der Waals surface area (Å²) in [7, 11) is 0. The van der Waals surface area contributed by atoms with Crippen molar-refractivity contribution in [1.29, 1.82) is 0 Å². The molecule has 1 fully saturated rings. The van der Waals surface area contributed by atoms with Crippen molar-refractivity contribution in [3.8, 4) is 0 Å². The van der Waals surface area contributed by atoms with Crippen LogP contribution in [0.25, 0.3) is 0 Å². The maximum absolute atomic E-state index is 11.5. The van der Waals surface area contributed by atoms with Gasteiger partial charge in [-0.15, -0.1) is 0 Å². The monoisotopic (exact) mass is 201 g/mol. The van der Waals surface area contributed by atoms with Gasteiger partial charge < -0.3 is 15.5 Å². The van der Waals surface area contributed by atoms with Crippen molar-refractivity contribution < 1.29 is 15.0 Å². The van der Waals surface area contributed by atoms with Crippen LogP contribution in [0.3, 0.4) is 0 Å². The van der Waals surface area contributed by atoms with Crippen LogP contribution < -0.4 is 5.32 Å². The van der Waals surface area contributed by atoms with Crippen LogP contribution in [0.15, 0.2) is 0 Å². The number of amides is 1. The van der Waals surface area contributed by atoms with Gasteiger partial charge >= 0.3 is 0 Å². The second-order valence-corrected chi connectivity index (χ2v) is 4.12. The Kier molecular flexibility index (Phi) is 3.89. The predicted molar refractivity (Wildman–Crippen MR) is 52.6 cm³/mol. The molecule has 4 nitrogen and oxygen atoms in total. The molecule has 0 radical (unpaired) electrons. The highest BCUT2D eigenvalue weighted by molar-refractivity contribution is 5.78. The first-order valence-electron chi connectivity index (χ1n) is 5.21. The summed E-state index contributed by atoms with van der Waals surface area (Å²) in [6.45, 7) is 3.83. The highest BCUT2D eigenvalue weighted by atomic mass is 16.3. The van der Waals surface area contributed by atoms with Crippen LogP contribution in [0.2, 0.25) is 0 Å². The van der Waals surface area contributed by atoms with Gasteiger partial charge in [-0.2, -0.15) is 0 Å². The average molecular weight is 201 g/mol. The van der Waals surface area contributed by atoms with E-state index in [1.807, 2.05) is 13.8 Å². The van der Waals surface area contributed by atoms with E-state index in [1.54, 1.807) is 0 Å². The van der Waals surface area contributed by atoms with Crippen LogP contribution in [-0.2, 0) is 4.79 Å². The summed E-state index contributed by atoms with van der Waals surface area (Å²) in [5, 5.41) is 21.4. The summed E-state index contributed by atoms with van der Waals surface area (Å²) in [5.41, 5.74) is 0. The lowest BCUT2D eigenvalue weighted by atomic mass is 10.1. The molecule has 3 N–H and O–H groups in total. The normalized spacial score (nSPS) is 34.1. The number of hydrogen-bond acceptors (Lipinski definition) is 3. The van der Waals surface area contributed by atoms with Crippen LogP contribution in [0, 0.1) is 5.92 Å². The molecule has 1 rings (SSSR count). The maximum Gasteiger partial charge on any atom is 0.223 e. The number of rotatable bonds is 3. The first kappa shape index (κ1) is 11.5. The van der Waals surface area contributed by atoms with Gasteiger partial charge in [0.25, 0.3) is 0 Å². The smallest absolute Gasteiger partial charge is 0.223 e. The van der Waals surface area contributed by atoms with E-state index in [9.17, 15) is 15.0 Å². The number of hydrogen-bond donors (Lipinski definition) is 3. The van der Waals surface area contributed by atoms with E-state index in [0.717, 1.165) is 6.42 Å². The van der Waals surface area contributed by atoms with E-state index < -0.39 is 12.2 Å². The van der Waals surface area contributed by atoms with E-state index in [-0.39, 0.29) is 17.9 Å². The molecule has 1 saturated carbocycles. The summed E-state index contributed by atoms with van der Waals surface area (Å²) in [5.74, 6) is 0.0173. The molecule has 0 aliphatic heterocycles. The van der Waals surface area contributed by atoms with Crippen molar-refractivity contribution in [2.75, 3.05) is 0 Å². The molecule has 0 heterocycles. The van der Waals surface area contributed by atoms with Gasteiger partial charge in [-0.05, 0) is 19.3 Å². The van der Waals surface area contributed by atoms with Crippen LogP contribution in [0.5, 0.6) is 0 Å². The fraction of sp³-hybridized carbons (Fsp3) is 0.900.